The summed E-state index contributed by atoms with van der Waals surface area (Å²) in [5.74, 6) is -1.31. The summed E-state index contributed by atoms with van der Waals surface area (Å²) in [6.07, 6.45) is 0. The Morgan fingerprint density at radius 3 is 2.17 bits per heavy atom. The minimum Gasteiger partial charge on any atom is -0.492 e. The summed E-state index contributed by atoms with van der Waals surface area (Å²) in [7, 11) is 0. The van der Waals surface area contributed by atoms with Gasteiger partial charge in [0.2, 0.25) is 0 Å². The highest BCUT2D eigenvalue weighted by atomic mass is 35.5. The number of rotatable bonds is 8. The first kappa shape index (κ1) is 24.7. The number of imide groups is 1. The molecular formula is C27H21ClN2O6. The van der Waals surface area contributed by atoms with Gasteiger partial charge in [0.15, 0.2) is 5.78 Å². The molecule has 0 aromatic heterocycles. The van der Waals surface area contributed by atoms with Gasteiger partial charge in [-0.05, 0) is 74.5 Å². The molecule has 1 aliphatic rings. The number of anilines is 2. The van der Waals surface area contributed by atoms with Gasteiger partial charge in [0.1, 0.15) is 22.2 Å². The van der Waals surface area contributed by atoms with Crippen LogP contribution in [-0.2, 0) is 9.59 Å². The molecule has 1 N–H and O–H groups in total. The first-order chi connectivity index (χ1) is 17.3. The Kier molecular flexibility index (Phi) is 7.17. The Morgan fingerprint density at radius 1 is 0.889 bits per heavy atom. The second-order valence-electron chi connectivity index (χ2n) is 7.71. The number of ketones is 1. The number of ether oxygens (including phenoxy) is 2. The van der Waals surface area contributed by atoms with Crippen molar-refractivity contribution in [3.8, 4) is 11.5 Å². The summed E-state index contributed by atoms with van der Waals surface area (Å²) in [6.45, 7) is 3.61. The minimum absolute atomic E-state index is 0.0877. The number of para-hydroxylation sites is 2. The fourth-order valence-electron chi connectivity index (χ4n) is 3.51. The lowest BCUT2D eigenvalue weighted by atomic mass is 10.1. The first-order valence-corrected chi connectivity index (χ1v) is 11.4. The van der Waals surface area contributed by atoms with Gasteiger partial charge in [0.25, 0.3) is 11.8 Å². The maximum atomic E-state index is 13.1. The van der Waals surface area contributed by atoms with Gasteiger partial charge >= 0.3 is 5.97 Å². The predicted octanol–water partition coefficient (Wildman–Crippen LogP) is 4.94. The maximum Gasteiger partial charge on any atom is 0.343 e. The van der Waals surface area contributed by atoms with Crippen molar-refractivity contribution in [3.05, 3.63) is 94.7 Å². The highest BCUT2D eigenvalue weighted by molar-refractivity contribution is 6.53. The maximum absolute atomic E-state index is 13.1. The summed E-state index contributed by atoms with van der Waals surface area (Å²) in [5.41, 5.74) is 1.41. The molecule has 9 heteroatoms. The molecule has 3 aromatic carbocycles. The Hall–Kier alpha value is -4.43. The number of carbonyl (C=O) groups is 4. The molecule has 36 heavy (non-hydrogen) atoms. The van der Waals surface area contributed by atoms with Crippen LogP contribution in [0.3, 0.4) is 0 Å². The molecule has 0 spiro atoms. The second kappa shape index (κ2) is 10.5. The topological polar surface area (TPSA) is 102 Å². The number of hydrogen-bond donors (Lipinski definition) is 1. The molecule has 0 radical (unpaired) electrons. The number of Topliss-reactive ketones (excluding diaryl/α,β-unsaturated/α-hetero) is 1. The molecule has 0 atom stereocenters. The third-order valence-electron chi connectivity index (χ3n) is 5.29. The Balaban J connectivity index is 1.47. The molecule has 1 aliphatic heterocycles. The Bertz CT molecular complexity index is 1380. The summed E-state index contributed by atoms with van der Waals surface area (Å²) in [6, 6.07) is 19.0. The van der Waals surface area contributed by atoms with Crippen LogP contribution in [0.2, 0.25) is 0 Å². The van der Waals surface area contributed by atoms with E-state index in [0.29, 0.717) is 35.0 Å². The Morgan fingerprint density at radius 2 is 1.53 bits per heavy atom. The van der Waals surface area contributed by atoms with Crippen LogP contribution in [0, 0.1) is 0 Å². The van der Waals surface area contributed by atoms with E-state index < -0.39 is 17.8 Å². The molecule has 0 aliphatic carbocycles. The van der Waals surface area contributed by atoms with Crippen molar-refractivity contribution < 1.29 is 28.7 Å². The standard InChI is InChI=1S/C27H21ClN2O6/c1-3-35-22-7-5-4-6-21(22)30-25(32)23(28)24(26(30)33)29-19-12-8-18(9-13-19)27(34)36-20-14-10-17(11-15-20)16(2)31/h4-15,29H,3H2,1-2H3. The van der Waals surface area contributed by atoms with Crippen LogP contribution in [0.15, 0.2) is 83.5 Å². The summed E-state index contributed by atoms with van der Waals surface area (Å²) < 4.78 is 10.9. The van der Waals surface area contributed by atoms with Crippen molar-refractivity contribution in [2.45, 2.75) is 13.8 Å². The van der Waals surface area contributed by atoms with Crippen molar-refractivity contribution in [1.82, 2.24) is 0 Å². The monoisotopic (exact) mass is 504 g/mol. The van der Waals surface area contributed by atoms with Crippen LogP contribution >= 0.6 is 11.6 Å². The lowest BCUT2D eigenvalue weighted by molar-refractivity contribution is -0.120. The third-order valence-corrected chi connectivity index (χ3v) is 5.65. The van der Waals surface area contributed by atoms with E-state index in [0.717, 1.165) is 4.90 Å². The van der Waals surface area contributed by atoms with Gasteiger partial charge in [-0.2, -0.15) is 0 Å². The van der Waals surface area contributed by atoms with Crippen molar-refractivity contribution in [2.24, 2.45) is 0 Å². The number of esters is 1. The van der Waals surface area contributed by atoms with E-state index in [2.05, 4.69) is 5.32 Å². The molecule has 0 fully saturated rings. The number of carbonyl (C=O) groups excluding carboxylic acids is 4. The zero-order valence-electron chi connectivity index (χ0n) is 19.4. The highest BCUT2D eigenvalue weighted by Crippen LogP contribution is 2.35. The lowest BCUT2D eigenvalue weighted by Gasteiger charge is -2.18. The van der Waals surface area contributed by atoms with E-state index in [-0.39, 0.29) is 22.1 Å². The Labute approximate surface area is 212 Å². The minimum atomic E-state index is -0.674. The second-order valence-corrected chi connectivity index (χ2v) is 8.09. The van der Waals surface area contributed by atoms with Crippen LogP contribution < -0.4 is 19.7 Å². The molecule has 0 saturated carbocycles. The number of nitrogens with zero attached hydrogens (tertiary/aromatic N) is 1. The van der Waals surface area contributed by atoms with Crippen LogP contribution in [0.5, 0.6) is 11.5 Å². The number of halogens is 1. The smallest absolute Gasteiger partial charge is 0.343 e. The van der Waals surface area contributed by atoms with Gasteiger partial charge < -0.3 is 14.8 Å². The summed E-state index contributed by atoms with van der Waals surface area (Å²) in [4.78, 5) is 50.7. The fourth-order valence-corrected chi connectivity index (χ4v) is 3.72. The normalized spacial score (nSPS) is 13.1. The van der Waals surface area contributed by atoms with E-state index in [9.17, 15) is 19.2 Å². The van der Waals surface area contributed by atoms with Crippen molar-refractivity contribution in [1.29, 1.82) is 0 Å². The number of nitrogens with one attached hydrogen (secondary N) is 1. The van der Waals surface area contributed by atoms with Crippen LogP contribution in [0.25, 0.3) is 0 Å². The lowest BCUT2D eigenvalue weighted by Crippen LogP contribution is -2.32. The highest BCUT2D eigenvalue weighted by Gasteiger charge is 2.40. The SMILES string of the molecule is CCOc1ccccc1N1C(=O)C(Cl)=C(Nc2ccc(C(=O)Oc3ccc(C(C)=O)cc3)cc2)C1=O. The number of amides is 2. The number of benzene rings is 3. The molecule has 1 heterocycles. The molecule has 182 valence electrons. The molecular weight excluding hydrogens is 484 g/mol. The van der Waals surface area contributed by atoms with Gasteiger partial charge in [-0.3, -0.25) is 14.4 Å². The van der Waals surface area contributed by atoms with Crippen LogP contribution in [-0.4, -0.2) is 30.2 Å². The third kappa shape index (κ3) is 4.99. The zero-order valence-corrected chi connectivity index (χ0v) is 20.2. The molecule has 0 saturated heterocycles. The van der Waals surface area contributed by atoms with Gasteiger partial charge in [-0.25, -0.2) is 9.69 Å². The van der Waals surface area contributed by atoms with Crippen molar-refractivity contribution >= 4 is 46.5 Å². The van der Waals surface area contributed by atoms with Gasteiger partial charge in [-0.15, -0.1) is 0 Å². The van der Waals surface area contributed by atoms with E-state index in [4.69, 9.17) is 21.1 Å². The molecule has 2 amide bonds. The van der Waals surface area contributed by atoms with Gasteiger partial charge in [0, 0.05) is 11.3 Å². The zero-order chi connectivity index (χ0) is 25.8. The molecule has 8 nitrogen and oxygen atoms in total. The molecule has 0 unspecified atom stereocenters. The van der Waals surface area contributed by atoms with Crippen LogP contribution in [0.4, 0.5) is 11.4 Å². The number of hydrogen-bond acceptors (Lipinski definition) is 7. The van der Waals surface area contributed by atoms with Crippen molar-refractivity contribution in [2.75, 3.05) is 16.8 Å². The average Bonchev–Trinajstić information content (AvgIpc) is 3.08. The average molecular weight is 505 g/mol. The summed E-state index contributed by atoms with van der Waals surface area (Å²) >= 11 is 6.22. The van der Waals surface area contributed by atoms with Gasteiger partial charge in [0.05, 0.1) is 17.9 Å². The van der Waals surface area contributed by atoms with E-state index in [1.807, 2.05) is 0 Å². The first-order valence-electron chi connectivity index (χ1n) is 11.0. The predicted molar refractivity (Wildman–Crippen MR) is 134 cm³/mol. The summed E-state index contributed by atoms with van der Waals surface area (Å²) in [5, 5.41) is 2.61. The van der Waals surface area contributed by atoms with Crippen LogP contribution in [0.1, 0.15) is 34.6 Å². The largest absolute Gasteiger partial charge is 0.492 e. The quantitative estimate of drug-likeness (QED) is 0.200. The molecule has 4 rings (SSSR count). The fraction of sp³-hybridized carbons (Fsp3) is 0.111. The van der Waals surface area contributed by atoms with Gasteiger partial charge in [-0.1, -0.05) is 23.7 Å². The van der Waals surface area contributed by atoms with E-state index >= 15 is 0 Å². The van der Waals surface area contributed by atoms with E-state index in [1.54, 1.807) is 55.5 Å². The molecule has 3 aromatic rings. The molecule has 0 bridgehead atoms. The van der Waals surface area contributed by atoms with E-state index in [1.165, 1.54) is 31.2 Å². The van der Waals surface area contributed by atoms with Crippen molar-refractivity contribution in [3.63, 3.8) is 0 Å².